The van der Waals surface area contributed by atoms with Crippen molar-refractivity contribution < 1.29 is 28.8 Å². The molecule has 0 bridgehead atoms. The van der Waals surface area contributed by atoms with E-state index in [9.17, 15) is 28.8 Å². The molecule has 6 nitrogen and oxygen atoms in total. The Hall–Kier alpha value is -3.30. The fourth-order valence-electron chi connectivity index (χ4n) is 0.556. The van der Waals surface area contributed by atoms with E-state index in [-0.39, 0.29) is 16.7 Å². The minimum Gasteiger partial charge on any atom is -0.233 e. The van der Waals surface area contributed by atoms with E-state index < -0.39 is 0 Å². The second-order valence-electron chi connectivity index (χ2n) is 2.59. The first-order valence-electron chi connectivity index (χ1n) is 4.46. The molecule has 0 aliphatic carbocycles. The van der Waals surface area contributed by atoms with E-state index in [0.29, 0.717) is 0 Å². The van der Waals surface area contributed by atoms with Crippen molar-refractivity contribution in [2.45, 2.75) is 6.92 Å². The maximum atomic E-state index is 9.92. The highest BCUT2D eigenvalue weighted by atomic mass is 16.1. The summed E-state index contributed by atoms with van der Waals surface area (Å²) in [7, 11) is 0. The maximum absolute atomic E-state index is 9.92. The van der Waals surface area contributed by atoms with Crippen LogP contribution in [0.4, 0.5) is 0 Å². The zero-order chi connectivity index (χ0) is 15.1. The van der Waals surface area contributed by atoms with E-state index in [1.54, 1.807) is 0 Å². The van der Waals surface area contributed by atoms with E-state index >= 15 is 0 Å². The summed E-state index contributed by atoms with van der Waals surface area (Å²) in [6.45, 7) is 1.36. The average Bonchev–Trinajstić information content (AvgIpc) is 2.44. The fourth-order valence-corrected chi connectivity index (χ4v) is 0.556. The molecule has 6 heteroatoms. The Morgan fingerprint density at radius 1 is 0.684 bits per heavy atom. The first-order valence-corrected chi connectivity index (χ1v) is 4.46. The third-order valence-electron chi connectivity index (χ3n) is 1.42. The molecule has 0 fully saturated rings. The molecule has 0 aromatic rings. The average molecular weight is 258 g/mol. The lowest BCUT2D eigenvalue weighted by molar-refractivity contribution is 0.563. The highest BCUT2D eigenvalue weighted by molar-refractivity contribution is 5.77. The van der Waals surface area contributed by atoms with Crippen LogP contribution in [0.15, 0.2) is 34.9 Å². The van der Waals surface area contributed by atoms with Crippen LogP contribution in [0.25, 0.3) is 0 Å². The maximum Gasteiger partial charge on any atom is 0.134 e. The van der Waals surface area contributed by atoms with Crippen LogP contribution in [0.5, 0.6) is 0 Å². The molecular weight excluding hydrogens is 252 g/mol. The van der Waals surface area contributed by atoms with Crippen LogP contribution in [-0.2, 0) is 28.8 Å². The van der Waals surface area contributed by atoms with Gasteiger partial charge in [-0.05, 0) is 6.92 Å². The molecule has 0 aliphatic rings. The predicted molar refractivity (Wildman–Crippen MR) is 64.1 cm³/mol. The van der Waals surface area contributed by atoms with Crippen LogP contribution < -0.4 is 0 Å². The first kappa shape index (κ1) is 18.1. The molecule has 0 rings (SSSR count). The number of rotatable bonds is 4. The lowest BCUT2D eigenvalue weighted by atomic mass is 10.1. The van der Waals surface area contributed by atoms with Gasteiger partial charge in [-0.2, -0.15) is 0 Å². The van der Waals surface area contributed by atoms with E-state index in [1.807, 2.05) is 0 Å². The normalized spacial score (nSPS) is 6.16. The van der Waals surface area contributed by atoms with Gasteiger partial charge in [0, 0.05) is 18.2 Å². The number of allylic oxidation sites excluding steroid dienone is 6. The van der Waals surface area contributed by atoms with Crippen molar-refractivity contribution in [3.8, 4) is 0 Å². The topological polar surface area (TPSA) is 102 Å². The molecule has 0 heterocycles. The molecule has 0 N–H and O–H groups in total. The smallest absolute Gasteiger partial charge is 0.134 e. The monoisotopic (exact) mass is 258 g/mol. The third-order valence-corrected chi connectivity index (χ3v) is 1.42. The minimum absolute atomic E-state index is 0.0540. The van der Waals surface area contributed by atoms with Gasteiger partial charge in [0.2, 0.25) is 0 Å². The summed E-state index contributed by atoms with van der Waals surface area (Å²) in [4.78, 5) is 58.2. The van der Waals surface area contributed by atoms with Gasteiger partial charge in [0.1, 0.15) is 35.6 Å². The number of hydrogen-bond acceptors (Lipinski definition) is 6. The zero-order valence-electron chi connectivity index (χ0n) is 9.68. The molecule has 0 amide bonds. The molecule has 0 saturated heterocycles. The van der Waals surface area contributed by atoms with Crippen LogP contribution >= 0.6 is 0 Å². The molecular formula is C13H6O6. The third kappa shape index (κ3) is 9.62. The number of hydrogen-bond donors (Lipinski definition) is 0. The van der Waals surface area contributed by atoms with Gasteiger partial charge in [-0.1, -0.05) is 0 Å². The van der Waals surface area contributed by atoms with E-state index in [1.165, 1.54) is 42.6 Å². The Bertz CT molecular complexity index is 596. The van der Waals surface area contributed by atoms with Gasteiger partial charge in [-0.15, -0.1) is 0 Å². The zero-order valence-corrected chi connectivity index (χ0v) is 9.68. The molecule has 0 unspecified atom stereocenters. The standard InChI is InChI=1S/C7H4O3.C6H2O3/c1-6(4-9)7(5-10)2-3-8;7-3-1-6(5-9)2-4-8/h2H,1H3;1-2H. The highest BCUT2D eigenvalue weighted by Crippen LogP contribution is 1.99. The van der Waals surface area contributed by atoms with Crippen LogP contribution in [0.1, 0.15) is 6.92 Å². The van der Waals surface area contributed by atoms with Crippen LogP contribution in [0, 0.1) is 0 Å². The molecule has 0 saturated carbocycles. The largest absolute Gasteiger partial charge is 0.233 e. The van der Waals surface area contributed by atoms with Gasteiger partial charge in [-0.3, -0.25) is 0 Å². The molecule has 0 spiro atoms. The summed E-state index contributed by atoms with van der Waals surface area (Å²) in [6.07, 6.45) is 2.45. The van der Waals surface area contributed by atoms with Gasteiger partial charge < -0.3 is 0 Å². The van der Waals surface area contributed by atoms with Crippen LogP contribution in [0.2, 0.25) is 0 Å². The summed E-state index contributed by atoms with van der Waals surface area (Å²) in [6, 6.07) is 0. The molecule has 0 aromatic carbocycles. The summed E-state index contributed by atoms with van der Waals surface area (Å²) < 4.78 is 0. The molecule has 0 aliphatic heterocycles. The van der Waals surface area contributed by atoms with Crippen molar-refractivity contribution in [3.63, 3.8) is 0 Å². The quantitative estimate of drug-likeness (QED) is 0.494. The Labute approximate surface area is 107 Å². The van der Waals surface area contributed by atoms with Gasteiger partial charge in [0.15, 0.2) is 0 Å². The molecule has 0 aromatic heterocycles. The van der Waals surface area contributed by atoms with Crippen molar-refractivity contribution in [1.29, 1.82) is 0 Å². The van der Waals surface area contributed by atoms with Crippen molar-refractivity contribution in [2.75, 3.05) is 0 Å². The van der Waals surface area contributed by atoms with Crippen molar-refractivity contribution in [2.24, 2.45) is 0 Å². The lowest BCUT2D eigenvalue weighted by Crippen LogP contribution is -1.82. The first-order chi connectivity index (χ1) is 9.10. The summed E-state index contributed by atoms with van der Waals surface area (Å²) in [5, 5.41) is 0. The Morgan fingerprint density at radius 3 is 1.42 bits per heavy atom. The van der Waals surface area contributed by atoms with E-state index in [0.717, 1.165) is 18.2 Å². The van der Waals surface area contributed by atoms with Gasteiger partial charge in [0.05, 0.1) is 16.7 Å². The predicted octanol–water partition coefficient (Wildman–Crippen LogP) is -0.570. The van der Waals surface area contributed by atoms with Crippen LogP contribution in [-0.4, -0.2) is 35.6 Å². The molecule has 0 radical (unpaired) electrons. The lowest BCUT2D eigenvalue weighted by Gasteiger charge is -1.83. The Morgan fingerprint density at radius 2 is 1.16 bits per heavy atom. The molecule has 94 valence electrons. The highest BCUT2D eigenvalue weighted by Gasteiger charge is 1.96. The van der Waals surface area contributed by atoms with E-state index in [4.69, 9.17) is 0 Å². The second-order valence-corrected chi connectivity index (χ2v) is 2.59. The van der Waals surface area contributed by atoms with Crippen molar-refractivity contribution >= 4 is 35.6 Å². The summed E-state index contributed by atoms with van der Waals surface area (Å²) >= 11 is 0. The molecule has 0 atom stereocenters. The minimum atomic E-state index is -0.153. The van der Waals surface area contributed by atoms with Gasteiger partial charge in [0.25, 0.3) is 0 Å². The van der Waals surface area contributed by atoms with Gasteiger partial charge in [-0.25, -0.2) is 28.8 Å². The summed E-state index contributed by atoms with van der Waals surface area (Å²) in [5.74, 6) is 8.19. The molecule has 19 heavy (non-hydrogen) atoms. The van der Waals surface area contributed by atoms with E-state index in [2.05, 4.69) is 0 Å². The fraction of sp³-hybridized carbons (Fsp3) is 0.0769. The summed E-state index contributed by atoms with van der Waals surface area (Å²) in [5.41, 5.74) is -0.205. The Balaban J connectivity index is 0. The number of carbonyl (C=O) groups excluding carboxylic acids is 6. The second kappa shape index (κ2) is 12.8. The Kier molecular flexibility index (Phi) is 12.1. The van der Waals surface area contributed by atoms with Gasteiger partial charge >= 0.3 is 0 Å². The van der Waals surface area contributed by atoms with Crippen molar-refractivity contribution in [1.82, 2.24) is 0 Å². The van der Waals surface area contributed by atoms with Crippen LogP contribution in [0.3, 0.4) is 0 Å². The van der Waals surface area contributed by atoms with Crippen molar-refractivity contribution in [3.05, 3.63) is 34.9 Å². The SMILES string of the molecule is CC(=C=O)C(=C=O)C=C=O.O=C=CC(=C=O)C=C=O.